The fourth-order valence-corrected chi connectivity index (χ4v) is 12.7. The highest BCUT2D eigenvalue weighted by Crippen LogP contribution is 2.83. The summed E-state index contributed by atoms with van der Waals surface area (Å²) in [5.41, 5.74) is -2.66. The third-order valence-corrected chi connectivity index (χ3v) is 15.4. The molecule has 8 rings (SSSR count). The van der Waals surface area contributed by atoms with Crippen molar-refractivity contribution in [1.29, 1.82) is 0 Å². The van der Waals surface area contributed by atoms with Gasteiger partial charge in [0, 0.05) is 34.0 Å². The van der Waals surface area contributed by atoms with Gasteiger partial charge in [0.1, 0.15) is 30.5 Å². The molecule has 0 aromatic rings. The Kier molecular flexibility index (Phi) is 9.16. The number of hydrogen-bond acceptors (Lipinski definition) is 15. The lowest BCUT2D eigenvalue weighted by molar-refractivity contribution is -0.191. The summed E-state index contributed by atoms with van der Waals surface area (Å²) in [6, 6.07) is 0. The van der Waals surface area contributed by atoms with Gasteiger partial charge in [0.2, 0.25) is 0 Å². The molecule has 15 nitrogen and oxygen atoms in total. The van der Waals surface area contributed by atoms with Crippen molar-refractivity contribution in [3.63, 3.8) is 0 Å². The van der Waals surface area contributed by atoms with Gasteiger partial charge >= 0.3 is 29.8 Å². The van der Waals surface area contributed by atoms with Crippen LogP contribution in [0.1, 0.15) is 66.7 Å². The van der Waals surface area contributed by atoms with E-state index in [9.17, 15) is 49.2 Å². The van der Waals surface area contributed by atoms with E-state index >= 15 is 0 Å². The highest BCUT2D eigenvalue weighted by atomic mass is 16.6. The Balaban J connectivity index is 1.29. The Hall–Kier alpha value is -4.18. The Bertz CT molecular complexity index is 2020. The maximum Gasteiger partial charge on any atom is 0.338 e. The topological polar surface area (TPSA) is 229 Å². The molecule has 1 aliphatic heterocycles. The molecule has 13 atom stereocenters. The van der Waals surface area contributed by atoms with E-state index in [1.165, 1.54) is 27.0 Å². The second-order valence-corrected chi connectivity index (χ2v) is 17.6. The average molecular weight is 795 g/mol. The van der Waals surface area contributed by atoms with Crippen molar-refractivity contribution >= 4 is 35.6 Å². The van der Waals surface area contributed by atoms with E-state index < -0.39 is 101 Å². The van der Waals surface area contributed by atoms with Gasteiger partial charge in [-0.3, -0.25) is 9.59 Å². The number of hydrogen-bond donors (Lipinski definition) is 4. The number of esters is 5. The minimum atomic E-state index is -1.81. The van der Waals surface area contributed by atoms with Crippen molar-refractivity contribution in [3.8, 4) is 0 Å². The molecule has 57 heavy (non-hydrogen) atoms. The van der Waals surface area contributed by atoms with Crippen LogP contribution in [0.5, 0.6) is 0 Å². The zero-order valence-corrected chi connectivity index (χ0v) is 32.9. The largest absolute Gasteiger partial charge is 0.466 e. The molecule has 1 heterocycles. The highest BCUT2D eigenvalue weighted by Gasteiger charge is 2.84. The van der Waals surface area contributed by atoms with Gasteiger partial charge < -0.3 is 44.1 Å². The number of carbonyl (C=O) groups excluding carboxylic acids is 6. The number of methoxy groups -OCH3 is 1. The van der Waals surface area contributed by atoms with Crippen LogP contribution in [0.25, 0.3) is 0 Å². The van der Waals surface area contributed by atoms with Crippen molar-refractivity contribution in [3.05, 3.63) is 45.1 Å². The molecule has 4 N–H and O–H groups in total. The van der Waals surface area contributed by atoms with Crippen LogP contribution in [0.15, 0.2) is 45.1 Å². The first kappa shape index (κ1) is 39.6. The monoisotopic (exact) mass is 794 g/mol. The minimum absolute atomic E-state index is 0.00541. The number of rotatable bonds is 11. The number of allylic oxidation sites excluding steroid dienone is 1. The first-order chi connectivity index (χ1) is 26.9. The van der Waals surface area contributed by atoms with Crippen LogP contribution >= 0.6 is 0 Å². The van der Waals surface area contributed by atoms with E-state index in [-0.39, 0.29) is 72.2 Å². The average Bonchev–Trinajstić information content (AvgIpc) is 4.09. The Morgan fingerprint density at radius 2 is 1.70 bits per heavy atom. The molecular weight excluding hydrogens is 744 g/mol. The molecule has 0 unspecified atom stereocenters. The Labute approximate surface area is 329 Å². The number of carbonyl (C=O) groups is 6. The van der Waals surface area contributed by atoms with E-state index in [0.29, 0.717) is 18.4 Å². The van der Waals surface area contributed by atoms with Crippen LogP contribution in [0.2, 0.25) is 0 Å². The van der Waals surface area contributed by atoms with E-state index in [4.69, 9.17) is 23.7 Å². The molecule has 5 fully saturated rings. The van der Waals surface area contributed by atoms with Gasteiger partial charge in [-0.25, -0.2) is 19.2 Å². The van der Waals surface area contributed by atoms with E-state index in [2.05, 4.69) is 6.92 Å². The van der Waals surface area contributed by atoms with Crippen molar-refractivity contribution in [2.75, 3.05) is 33.5 Å². The lowest BCUT2D eigenvalue weighted by Gasteiger charge is -2.63. The number of fused-ring (bicyclic) bond motifs is 7. The van der Waals surface area contributed by atoms with Crippen molar-refractivity contribution in [2.24, 2.45) is 52.3 Å². The second kappa shape index (κ2) is 13.2. The molecule has 0 aromatic heterocycles. The molecule has 0 amide bonds. The molecule has 0 bridgehead atoms. The summed E-state index contributed by atoms with van der Waals surface area (Å²) in [4.78, 5) is 80.5. The fraction of sp³-hybridized carbons (Fsp3) is 0.667. The van der Waals surface area contributed by atoms with Gasteiger partial charge in [-0.05, 0) is 92.8 Å². The third-order valence-electron chi connectivity index (χ3n) is 15.4. The van der Waals surface area contributed by atoms with Crippen molar-refractivity contribution < 1.29 is 72.9 Å². The number of ether oxygens (including phenoxy) is 5. The quantitative estimate of drug-likeness (QED) is 0.100. The smallest absolute Gasteiger partial charge is 0.338 e. The van der Waals surface area contributed by atoms with Crippen LogP contribution in [0.4, 0.5) is 0 Å². The molecule has 15 heteroatoms. The number of Topliss-reactive ketones (excluding diaryl/α,β-unsaturated/α-hetero) is 1. The summed E-state index contributed by atoms with van der Waals surface area (Å²) in [6.07, 6.45) is -0.939. The second-order valence-electron chi connectivity index (χ2n) is 17.6. The number of aliphatic hydroxyl groups excluding tert-OH is 3. The maximum atomic E-state index is 14.6. The van der Waals surface area contributed by atoms with E-state index in [1.807, 2.05) is 6.92 Å². The maximum absolute atomic E-state index is 14.6. The molecule has 5 saturated carbocycles. The molecule has 7 aliphatic carbocycles. The first-order valence-corrected chi connectivity index (χ1v) is 19.8. The minimum Gasteiger partial charge on any atom is -0.466 e. The zero-order valence-electron chi connectivity index (χ0n) is 32.9. The lowest BCUT2D eigenvalue weighted by atomic mass is 9.42. The molecule has 0 aromatic carbocycles. The number of aliphatic hydroxyl groups is 4. The summed E-state index contributed by atoms with van der Waals surface area (Å²) in [7, 11) is 1.19. The molecular formula is C42H50O15. The SMILES string of the molecule is CCOC(=O)[C@H](O)CC(=O)OCC1=C2C[C@H]3[C@](O)(COC(=O)/C(C)=C/CO)[C@H]4C[C@H]4[C@]3(C)[C@@H]3CC4=C5[C@H](/C(=C(\C)C(=O)OC)C(=O)[C@H](O)[C@@]5(C)[C@@H]5C[C@H]45)[C@]23OC1=O. The predicted octanol–water partition coefficient (Wildman–Crippen LogP) is 1.35. The summed E-state index contributed by atoms with van der Waals surface area (Å²) >= 11 is 0. The van der Waals surface area contributed by atoms with Crippen LogP contribution in [-0.2, 0) is 52.5 Å². The zero-order chi connectivity index (χ0) is 41.3. The number of ketones is 1. The molecule has 8 aliphatic rings. The summed E-state index contributed by atoms with van der Waals surface area (Å²) in [6.45, 7) is 7.06. The predicted molar refractivity (Wildman–Crippen MR) is 193 cm³/mol. The van der Waals surface area contributed by atoms with E-state index in [0.717, 1.165) is 17.6 Å². The standard InChI is InChI=1S/C42H50O15/c1-7-54-38(51)26(44)14-29(45)55-15-21-23-13-27-39(4,24-12-25(24)41(27,52)16-56-35(48)17(2)8-9-43)28-11-20-19-10-22(19)40(5)31(20)32(42(23,28)57-37(21)50)30(33(46)34(40)47)18(3)36(49)53-6/h8,19,22,24-28,32,34,43-44,47,52H,7,9-16H2,1-6H3/b17-8+,30-18-/t19-,22-,24-,25+,26-,27-,28+,32+,34+,39+,40+,41+,42+/m1/s1. The van der Waals surface area contributed by atoms with Gasteiger partial charge in [0.15, 0.2) is 11.9 Å². The van der Waals surface area contributed by atoms with Crippen LogP contribution in [-0.4, -0.2) is 113 Å². The van der Waals surface area contributed by atoms with Crippen molar-refractivity contribution in [1.82, 2.24) is 0 Å². The van der Waals surface area contributed by atoms with Gasteiger partial charge in [0.25, 0.3) is 0 Å². The summed E-state index contributed by atoms with van der Waals surface area (Å²) < 4.78 is 27.9. The normalized spacial score (nSPS) is 41.8. The van der Waals surface area contributed by atoms with Gasteiger partial charge in [-0.1, -0.05) is 19.4 Å². The van der Waals surface area contributed by atoms with Crippen molar-refractivity contribution in [2.45, 2.75) is 90.1 Å². The molecule has 1 spiro atoms. The van der Waals surface area contributed by atoms with Crippen LogP contribution in [0, 0.1) is 52.3 Å². The summed E-state index contributed by atoms with van der Waals surface area (Å²) in [5, 5.41) is 44.2. The molecule has 308 valence electrons. The fourth-order valence-electron chi connectivity index (χ4n) is 12.7. The highest BCUT2D eigenvalue weighted by molar-refractivity contribution is 6.09. The lowest BCUT2D eigenvalue weighted by Crippen LogP contribution is -2.67. The molecule has 0 radical (unpaired) electrons. The van der Waals surface area contributed by atoms with Gasteiger partial charge in [0.05, 0.1) is 38.2 Å². The van der Waals surface area contributed by atoms with Gasteiger partial charge in [-0.2, -0.15) is 0 Å². The van der Waals surface area contributed by atoms with Crippen LogP contribution in [0.3, 0.4) is 0 Å². The molecule has 0 saturated heterocycles. The Morgan fingerprint density at radius 1 is 0.982 bits per heavy atom. The van der Waals surface area contributed by atoms with Gasteiger partial charge in [-0.15, -0.1) is 0 Å². The first-order valence-electron chi connectivity index (χ1n) is 19.8. The Morgan fingerprint density at radius 3 is 2.37 bits per heavy atom. The van der Waals surface area contributed by atoms with Crippen LogP contribution < -0.4 is 0 Å². The third kappa shape index (κ3) is 5.16. The van der Waals surface area contributed by atoms with E-state index in [1.54, 1.807) is 6.92 Å². The summed E-state index contributed by atoms with van der Waals surface area (Å²) in [5.74, 6) is -7.57.